The van der Waals surface area contributed by atoms with E-state index in [9.17, 15) is 5.11 Å². The average Bonchev–Trinajstić information content (AvgIpc) is 2.73. The first-order valence-corrected chi connectivity index (χ1v) is 12.1. The van der Waals surface area contributed by atoms with E-state index in [1.54, 1.807) is 0 Å². The third kappa shape index (κ3) is 3.48. The maximum Gasteiger partial charge on any atom is 0.115 e. The van der Waals surface area contributed by atoms with Crippen molar-refractivity contribution in [2.24, 2.45) is 0 Å². The Kier molecular flexibility index (Phi) is 6.17. The van der Waals surface area contributed by atoms with Crippen molar-refractivity contribution in [2.75, 3.05) is 0 Å². The molecule has 0 unspecified atom stereocenters. The van der Waals surface area contributed by atoms with Crippen LogP contribution in [0.3, 0.4) is 0 Å². The first-order valence-electron chi connectivity index (χ1n) is 10.7. The quantitative estimate of drug-likeness (QED) is 0.500. The molecular formula is C28H35OP. The fourth-order valence-electron chi connectivity index (χ4n) is 4.60. The van der Waals surface area contributed by atoms with Gasteiger partial charge in [0.25, 0.3) is 0 Å². The molecule has 1 N–H and O–H groups in total. The highest BCUT2D eigenvalue weighted by molar-refractivity contribution is 7.80. The first kappa shape index (κ1) is 22.6. The normalized spacial score (nSPS) is 11.4. The summed E-state index contributed by atoms with van der Waals surface area (Å²) in [5.74, 6) is 0.322. The van der Waals surface area contributed by atoms with Gasteiger partial charge in [-0.1, -0.05) is 12.1 Å². The molecule has 0 fully saturated rings. The number of aromatic hydroxyl groups is 1. The van der Waals surface area contributed by atoms with Crippen molar-refractivity contribution >= 4 is 23.8 Å². The van der Waals surface area contributed by atoms with Crippen molar-refractivity contribution < 1.29 is 5.11 Å². The summed E-state index contributed by atoms with van der Waals surface area (Å²) in [6.07, 6.45) is 0. The lowest BCUT2D eigenvalue weighted by molar-refractivity contribution is 0.475. The molecular weight excluding hydrogens is 383 g/mol. The van der Waals surface area contributed by atoms with Crippen molar-refractivity contribution in [3.63, 3.8) is 0 Å². The van der Waals surface area contributed by atoms with Crippen LogP contribution in [0.2, 0.25) is 0 Å². The monoisotopic (exact) mass is 418 g/mol. The molecule has 0 aliphatic rings. The van der Waals surface area contributed by atoms with E-state index in [4.69, 9.17) is 0 Å². The Morgan fingerprint density at radius 1 is 0.433 bits per heavy atom. The van der Waals surface area contributed by atoms with E-state index in [-0.39, 0.29) is 0 Å². The van der Waals surface area contributed by atoms with E-state index >= 15 is 0 Å². The minimum Gasteiger partial charge on any atom is -0.508 e. The van der Waals surface area contributed by atoms with Crippen LogP contribution in [0.4, 0.5) is 0 Å². The minimum absolute atomic E-state index is 0.322. The van der Waals surface area contributed by atoms with Crippen LogP contribution in [0.1, 0.15) is 55.6 Å². The zero-order valence-corrected chi connectivity index (χ0v) is 21.1. The molecule has 3 rings (SSSR count). The lowest BCUT2D eigenvalue weighted by atomic mass is 9.95. The van der Waals surface area contributed by atoms with E-state index in [0.717, 1.165) is 0 Å². The number of phenolic OH excluding ortho intramolecular Hbond substituents is 1. The van der Waals surface area contributed by atoms with Crippen molar-refractivity contribution in [3.05, 3.63) is 79.9 Å². The van der Waals surface area contributed by atoms with Gasteiger partial charge in [-0.25, -0.2) is 0 Å². The fourth-order valence-corrected chi connectivity index (χ4v) is 7.80. The number of phenols is 1. The molecule has 0 heterocycles. The Labute approximate surface area is 183 Å². The number of rotatable bonds is 3. The predicted octanol–water partition coefficient (Wildman–Crippen LogP) is 6.23. The molecule has 0 amide bonds. The van der Waals surface area contributed by atoms with E-state index in [1.165, 1.54) is 71.5 Å². The molecule has 0 radical (unpaired) electrons. The van der Waals surface area contributed by atoms with Gasteiger partial charge in [0.15, 0.2) is 0 Å². The zero-order valence-electron chi connectivity index (χ0n) is 20.2. The van der Waals surface area contributed by atoms with Crippen LogP contribution in [0.25, 0.3) is 0 Å². The Bertz CT molecular complexity index is 1010. The molecule has 158 valence electrons. The van der Waals surface area contributed by atoms with Gasteiger partial charge in [0.2, 0.25) is 0 Å². The second kappa shape index (κ2) is 8.20. The van der Waals surface area contributed by atoms with Crippen LogP contribution < -0.4 is 15.9 Å². The summed E-state index contributed by atoms with van der Waals surface area (Å²) in [6.45, 7) is 22.7. The second-order valence-corrected chi connectivity index (χ2v) is 10.9. The average molecular weight is 419 g/mol. The Hall–Kier alpha value is -2.11. The third-order valence-electron chi connectivity index (χ3n) is 7.48. The second-order valence-electron chi connectivity index (χ2n) is 8.80. The van der Waals surface area contributed by atoms with Crippen LogP contribution in [0.15, 0.2) is 24.3 Å². The Morgan fingerprint density at radius 3 is 1.00 bits per heavy atom. The molecule has 0 atom stereocenters. The molecule has 3 aromatic carbocycles. The number of hydrogen-bond acceptors (Lipinski definition) is 1. The van der Waals surface area contributed by atoms with Gasteiger partial charge in [0.1, 0.15) is 5.75 Å². The highest BCUT2D eigenvalue weighted by Crippen LogP contribution is 2.41. The van der Waals surface area contributed by atoms with Crippen molar-refractivity contribution in [3.8, 4) is 5.75 Å². The van der Waals surface area contributed by atoms with E-state index in [0.29, 0.717) is 5.75 Å². The van der Waals surface area contributed by atoms with Crippen LogP contribution in [-0.2, 0) is 0 Å². The van der Waals surface area contributed by atoms with Crippen LogP contribution >= 0.6 is 7.92 Å². The summed E-state index contributed by atoms with van der Waals surface area (Å²) in [6, 6.07) is 7.91. The van der Waals surface area contributed by atoms with Crippen LogP contribution in [0.5, 0.6) is 5.75 Å². The van der Waals surface area contributed by atoms with E-state index in [1.807, 2.05) is 12.1 Å². The molecule has 3 aromatic rings. The summed E-state index contributed by atoms with van der Waals surface area (Å²) in [7, 11) is -0.742. The zero-order chi connectivity index (χ0) is 22.5. The van der Waals surface area contributed by atoms with Gasteiger partial charge in [-0.2, -0.15) is 0 Å². The molecule has 0 aromatic heterocycles. The molecule has 0 bridgehead atoms. The van der Waals surface area contributed by atoms with Crippen molar-refractivity contribution in [2.45, 2.75) is 69.2 Å². The smallest absolute Gasteiger partial charge is 0.115 e. The Morgan fingerprint density at radius 2 is 0.700 bits per heavy atom. The van der Waals surface area contributed by atoms with Gasteiger partial charge < -0.3 is 5.11 Å². The maximum atomic E-state index is 9.95. The highest BCUT2D eigenvalue weighted by Gasteiger charge is 2.28. The first-order chi connectivity index (χ1) is 14.0. The summed E-state index contributed by atoms with van der Waals surface area (Å²) in [4.78, 5) is 0. The Balaban J connectivity index is 2.50. The fraction of sp³-hybridized carbons (Fsp3) is 0.357. The molecule has 1 nitrogen and oxygen atoms in total. The molecule has 2 heteroatoms. The lowest BCUT2D eigenvalue weighted by Crippen LogP contribution is -2.30. The van der Waals surface area contributed by atoms with Crippen LogP contribution in [-0.4, -0.2) is 5.11 Å². The minimum atomic E-state index is -0.742. The summed E-state index contributed by atoms with van der Waals surface area (Å²) < 4.78 is 0. The van der Waals surface area contributed by atoms with Gasteiger partial charge in [0.05, 0.1) is 0 Å². The molecule has 0 saturated carbocycles. The van der Waals surface area contributed by atoms with E-state index < -0.39 is 7.92 Å². The molecule has 0 spiro atoms. The number of benzene rings is 3. The third-order valence-corrected chi connectivity index (χ3v) is 10.5. The number of hydrogen-bond donors (Lipinski definition) is 1. The van der Waals surface area contributed by atoms with Crippen molar-refractivity contribution in [1.82, 2.24) is 0 Å². The largest absolute Gasteiger partial charge is 0.508 e. The van der Waals surface area contributed by atoms with Gasteiger partial charge >= 0.3 is 0 Å². The van der Waals surface area contributed by atoms with Gasteiger partial charge in [-0.3, -0.25) is 0 Å². The summed E-state index contributed by atoms with van der Waals surface area (Å²) in [5.41, 5.74) is 14.0. The molecule has 30 heavy (non-hydrogen) atoms. The maximum absolute atomic E-state index is 9.95. The van der Waals surface area contributed by atoms with Gasteiger partial charge in [-0.05, 0) is 161 Å². The van der Waals surface area contributed by atoms with Crippen molar-refractivity contribution in [1.29, 1.82) is 0 Å². The lowest BCUT2D eigenvalue weighted by Gasteiger charge is -2.31. The van der Waals surface area contributed by atoms with E-state index in [2.05, 4.69) is 81.4 Å². The predicted molar refractivity (Wildman–Crippen MR) is 134 cm³/mol. The van der Waals surface area contributed by atoms with Crippen LogP contribution in [0, 0.1) is 69.2 Å². The molecule has 0 aliphatic heterocycles. The summed E-state index contributed by atoms with van der Waals surface area (Å²) in [5, 5.41) is 14.2. The van der Waals surface area contributed by atoms with Gasteiger partial charge in [-0.15, -0.1) is 0 Å². The highest BCUT2D eigenvalue weighted by atomic mass is 31.1. The topological polar surface area (TPSA) is 20.2 Å². The SMILES string of the molecule is Cc1c(C)c(C)c(P(c2ccc(O)cc2)c2c(C)c(C)c(C)c(C)c2C)c(C)c1C. The summed E-state index contributed by atoms with van der Waals surface area (Å²) >= 11 is 0. The van der Waals surface area contributed by atoms with Gasteiger partial charge in [0, 0.05) is 0 Å². The molecule has 0 saturated heterocycles. The standard InChI is InChI=1S/C28H35OP/c1-15-17(3)21(7)27(22(8)18(15)4)30(26-13-11-25(29)12-14-26)28-23(9)19(5)16(2)20(6)24(28)10/h11-14,29H,1-10H3. The molecule has 0 aliphatic carbocycles.